The SMILES string of the molecule is c1ccc2c(c1)CC(c1nc(-c3ncn[nH]3)no1)CN2. The number of aromatic amines is 1. The van der Waals surface area contributed by atoms with Crippen LogP contribution in [-0.4, -0.2) is 31.9 Å². The summed E-state index contributed by atoms with van der Waals surface area (Å²) in [5, 5.41) is 13.8. The Balaban J connectivity index is 1.60. The second kappa shape index (κ2) is 4.44. The molecule has 1 aliphatic rings. The molecule has 0 saturated heterocycles. The third-order valence-corrected chi connectivity index (χ3v) is 3.44. The van der Waals surface area contributed by atoms with E-state index in [9.17, 15) is 0 Å². The minimum absolute atomic E-state index is 0.175. The highest BCUT2D eigenvalue weighted by molar-refractivity contribution is 5.54. The van der Waals surface area contributed by atoms with Crippen LogP contribution in [0.3, 0.4) is 0 Å². The minimum atomic E-state index is 0.175. The molecule has 0 amide bonds. The summed E-state index contributed by atoms with van der Waals surface area (Å²) >= 11 is 0. The summed E-state index contributed by atoms with van der Waals surface area (Å²) in [4.78, 5) is 8.41. The summed E-state index contributed by atoms with van der Waals surface area (Å²) in [5.74, 6) is 1.76. The molecule has 7 nitrogen and oxygen atoms in total. The Hall–Kier alpha value is -2.70. The fourth-order valence-corrected chi connectivity index (χ4v) is 2.43. The number of nitrogens with zero attached hydrogens (tertiary/aromatic N) is 4. The van der Waals surface area contributed by atoms with Crippen molar-refractivity contribution in [2.45, 2.75) is 12.3 Å². The lowest BCUT2D eigenvalue weighted by Crippen LogP contribution is -2.21. The summed E-state index contributed by atoms with van der Waals surface area (Å²) in [6.07, 6.45) is 2.31. The number of anilines is 1. The normalized spacial score (nSPS) is 17.5. The lowest BCUT2D eigenvalue weighted by Gasteiger charge is -2.23. The van der Waals surface area contributed by atoms with E-state index in [4.69, 9.17) is 4.52 Å². The smallest absolute Gasteiger partial charge is 0.239 e. The predicted octanol–water partition coefficient (Wildman–Crippen LogP) is 1.61. The van der Waals surface area contributed by atoms with Gasteiger partial charge >= 0.3 is 0 Å². The summed E-state index contributed by atoms with van der Waals surface area (Å²) in [6, 6.07) is 8.26. The van der Waals surface area contributed by atoms with Crippen molar-refractivity contribution in [1.82, 2.24) is 25.3 Å². The summed E-state index contributed by atoms with van der Waals surface area (Å²) < 4.78 is 5.35. The van der Waals surface area contributed by atoms with Crippen molar-refractivity contribution >= 4 is 5.69 Å². The Bertz CT molecular complexity index is 720. The molecule has 3 aromatic rings. The van der Waals surface area contributed by atoms with E-state index < -0.39 is 0 Å². The largest absolute Gasteiger partial charge is 0.384 e. The highest BCUT2D eigenvalue weighted by Crippen LogP contribution is 2.29. The molecule has 1 unspecified atom stereocenters. The molecule has 0 saturated carbocycles. The van der Waals surface area contributed by atoms with E-state index in [-0.39, 0.29) is 5.92 Å². The average molecular weight is 268 g/mol. The Morgan fingerprint density at radius 2 is 2.20 bits per heavy atom. The van der Waals surface area contributed by atoms with Gasteiger partial charge < -0.3 is 9.84 Å². The van der Waals surface area contributed by atoms with Gasteiger partial charge in [0.1, 0.15) is 6.33 Å². The van der Waals surface area contributed by atoms with Gasteiger partial charge in [-0.15, -0.1) is 0 Å². The number of H-pyrrole nitrogens is 1. The second-order valence-corrected chi connectivity index (χ2v) is 4.73. The molecule has 1 aliphatic heterocycles. The maximum atomic E-state index is 5.35. The molecule has 2 aromatic heterocycles. The van der Waals surface area contributed by atoms with Gasteiger partial charge in [-0.3, -0.25) is 5.10 Å². The summed E-state index contributed by atoms with van der Waals surface area (Å²) in [6.45, 7) is 0.787. The van der Waals surface area contributed by atoms with E-state index in [1.165, 1.54) is 17.6 Å². The summed E-state index contributed by atoms with van der Waals surface area (Å²) in [5.41, 5.74) is 2.45. The molecular formula is C13H12N6O. The second-order valence-electron chi connectivity index (χ2n) is 4.73. The van der Waals surface area contributed by atoms with Gasteiger partial charge in [-0.05, 0) is 18.1 Å². The van der Waals surface area contributed by atoms with Crippen molar-refractivity contribution < 1.29 is 4.52 Å². The van der Waals surface area contributed by atoms with Gasteiger partial charge in [0.05, 0.1) is 5.92 Å². The van der Waals surface area contributed by atoms with Crippen molar-refractivity contribution in [3.8, 4) is 11.6 Å². The van der Waals surface area contributed by atoms with Crippen LogP contribution < -0.4 is 5.32 Å². The number of para-hydroxylation sites is 1. The molecule has 1 atom stereocenters. The third-order valence-electron chi connectivity index (χ3n) is 3.44. The Morgan fingerprint density at radius 1 is 1.25 bits per heavy atom. The lowest BCUT2D eigenvalue weighted by molar-refractivity contribution is 0.354. The Labute approximate surface area is 114 Å². The van der Waals surface area contributed by atoms with Gasteiger partial charge in [-0.25, -0.2) is 4.98 Å². The van der Waals surface area contributed by atoms with Gasteiger partial charge in [-0.1, -0.05) is 23.4 Å². The van der Waals surface area contributed by atoms with Crippen LogP contribution in [0.2, 0.25) is 0 Å². The molecule has 7 heteroatoms. The molecule has 20 heavy (non-hydrogen) atoms. The van der Waals surface area contributed by atoms with Crippen molar-refractivity contribution in [2.75, 3.05) is 11.9 Å². The zero-order chi connectivity index (χ0) is 13.4. The number of aromatic nitrogens is 5. The number of hydrogen-bond donors (Lipinski definition) is 2. The van der Waals surface area contributed by atoms with E-state index >= 15 is 0 Å². The van der Waals surface area contributed by atoms with Crippen LogP contribution in [0, 0.1) is 0 Å². The van der Waals surface area contributed by atoms with E-state index in [1.807, 2.05) is 12.1 Å². The lowest BCUT2D eigenvalue weighted by atomic mass is 9.94. The third kappa shape index (κ3) is 1.83. The van der Waals surface area contributed by atoms with Gasteiger partial charge in [-0.2, -0.15) is 10.1 Å². The van der Waals surface area contributed by atoms with Crippen LogP contribution >= 0.6 is 0 Å². The number of rotatable bonds is 2. The quantitative estimate of drug-likeness (QED) is 0.733. The molecule has 4 rings (SSSR count). The standard InChI is InChI=1S/C13H12N6O/c1-2-4-10-8(3-1)5-9(6-14-10)13-17-12(19-20-13)11-15-7-16-18-11/h1-4,7,9,14H,5-6H2,(H,15,16,18). The van der Waals surface area contributed by atoms with Gasteiger partial charge in [0, 0.05) is 12.2 Å². The average Bonchev–Trinajstić information content (AvgIpc) is 3.17. The highest BCUT2D eigenvalue weighted by Gasteiger charge is 2.25. The first-order valence-corrected chi connectivity index (χ1v) is 6.41. The Kier molecular flexibility index (Phi) is 2.48. The van der Waals surface area contributed by atoms with E-state index in [0.717, 1.165) is 13.0 Å². The molecule has 0 fully saturated rings. The highest BCUT2D eigenvalue weighted by atomic mass is 16.5. The molecule has 0 bridgehead atoms. The maximum absolute atomic E-state index is 5.35. The van der Waals surface area contributed by atoms with Crippen LogP contribution in [-0.2, 0) is 6.42 Å². The van der Waals surface area contributed by atoms with Gasteiger partial charge in [0.25, 0.3) is 0 Å². The van der Waals surface area contributed by atoms with Crippen LogP contribution in [0.15, 0.2) is 35.1 Å². The van der Waals surface area contributed by atoms with Crippen molar-refractivity contribution in [1.29, 1.82) is 0 Å². The molecule has 2 N–H and O–H groups in total. The van der Waals surface area contributed by atoms with E-state index in [1.54, 1.807) is 0 Å². The monoisotopic (exact) mass is 268 g/mol. The van der Waals surface area contributed by atoms with Crippen LogP contribution in [0.25, 0.3) is 11.6 Å². The fourth-order valence-electron chi connectivity index (χ4n) is 2.43. The maximum Gasteiger partial charge on any atom is 0.239 e. The number of nitrogens with one attached hydrogen (secondary N) is 2. The fraction of sp³-hybridized carbons (Fsp3) is 0.231. The molecule has 0 radical (unpaired) electrons. The van der Waals surface area contributed by atoms with Crippen LogP contribution in [0.4, 0.5) is 5.69 Å². The van der Waals surface area contributed by atoms with Gasteiger partial charge in [0.2, 0.25) is 11.7 Å². The van der Waals surface area contributed by atoms with Crippen molar-refractivity contribution in [3.63, 3.8) is 0 Å². The molecule has 1 aromatic carbocycles. The molecule has 3 heterocycles. The predicted molar refractivity (Wildman–Crippen MR) is 71.1 cm³/mol. The zero-order valence-electron chi connectivity index (χ0n) is 10.6. The van der Waals surface area contributed by atoms with Crippen LogP contribution in [0.1, 0.15) is 17.4 Å². The Morgan fingerprint density at radius 3 is 3.10 bits per heavy atom. The zero-order valence-corrected chi connectivity index (χ0v) is 10.6. The first-order chi connectivity index (χ1) is 9.90. The molecular weight excluding hydrogens is 256 g/mol. The van der Waals surface area contributed by atoms with Crippen molar-refractivity contribution in [3.05, 3.63) is 42.0 Å². The number of hydrogen-bond acceptors (Lipinski definition) is 6. The molecule has 0 aliphatic carbocycles. The number of benzene rings is 1. The van der Waals surface area contributed by atoms with Crippen LogP contribution in [0.5, 0.6) is 0 Å². The van der Waals surface area contributed by atoms with E-state index in [2.05, 4.69) is 42.8 Å². The van der Waals surface area contributed by atoms with Crippen molar-refractivity contribution in [2.24, 2.45) is 0 Å². The minimum Gasteiger partial charge on any atom is -0.384 e. The van der Waals surface area contributed by atoms with Gasteiger partial charge in [0.15, 0.2) is 5.82 Å². The topological polar surface area (TPSA) is 92.5 Å². The number of fused-ring (bicyclic) bond motifs is 1. The first-order valence-electron chi connectivity index (χ1n) is 6.41. The van der Waals surface area contributed by atoms with E-state index in [0.29, 0.717) is 17.5 Å². The molecule has 100 valence electrons. The first kappa shape index (κ1) is 11.2. The molecule has 0 spiro atoms. The summed E-state index contributed by atoms with van der Waals surface area (Å²) in [7, 11) is 0.